The molecule has 7 aromatic carbocycles. The van der Waals surface area contributed by atoms with Crippen LogP contribution in [0.3, 0.4) is 0 Å². The SMILES string of the molecule is Bc1c(B)c(-c2c(B)c(B)c3c(oc4c(B)c(B)c(B)c(B)c43)c2B)c(B)c(B)c1-c1nc(-c2ccccc2)nc(-c2ccc3c(c2)oc2ccc(-c4ccccc4)cc23)n1. The van der Waals surface area contributed by atoms with Crippen LogP contribution in [-0.2, 0) is 0 Å². The molecule has 0 aliphatic rings. The van der Waals surface area contributed by atoms with Crippen molar-refractivity contribution in [2.45, 2.75) is 0 Å². The van der Waals surface area contributed by atoms with Gasteiger partial charge in [0.25, 0.3) is 0 Å². The number of nitrogens with zero attached hydrogens (tertiary/aromatic N) is 3. The van der Waals surface area contributed by atoms with E-state index in [2.05, 4.69) is 159 Å². The number of rotatable bonds is 5. The normalized spacial score (nSPS) is 11.7. The van der Waals surface area contributed by atoms with Crippen LogP contribution >= 0.6 is 0 Å². The van der Waals surface area contributed by atoms with Gasteiger partial charge in [0.2, 0.25) is 0 Å². The van der Waals surface area contributed by atoms with Gasteiger partial charge in [-0.3, -0.25) is 0 Å². The Balaban J connectivity index is 1.15. The number of hydrogen-bond acceptors (Lipinski definition) is 5. The van der Waals surface area contributed by atoms with Crippen molar-refractivity contribution in [1.82, 2.24) is 15.0 Å². The van der Waals surface area contributed by atoms with Crippen LogP contribution in [0.4, 0.5) is 0 Å². The maximum Gasteiger partial charge on any atom is 0.164 e. The van der Waals surface area contributed by atoms with E-state index in [1.54, 1.807) is 0 Å². The summed E-state index contributed by atoms with van der Waals surface area (Å²) in [6, 6.07) is 33.3. The second-order valence-electron chi connectivity index (χ2n) is 17.1. The minimum atomic E-state index is 0.600. The quantitative estimate of drug-likeness (QED) is 0.163. The van der Waals surface area contributed by atoms with Gasteiger partial charge in [-0.1, -0.05) is 122 Å². The van der Waals surface area contributed by atoms with Crippen LogP contribution in [0, 0.1) is 0 Å². The molecule has 0 amide bonds. The highest BCUT2D eigenvalue weighted by atomic mass is 16.3. The summed E-state index contributed by atoms with van der Waals surface area (Å²) in [6.45, 7) is 0. The maximum absolute atomic E-state index is 6.91. The van der Waals surface area contributed by atoms with Gasteiger partial charge in [0, 0.05) is 38.2 Å². The predicted octanol–water partition coefficient (Wildman–Crippen LogP) is -7.15. The molecule has 0 saturated carbocycles. The lowest BCUT2D eigenvalue weighted by Gasteiger charge is -2.25. The molecular weight excluding hydrogens is 733 g/mol. The zero-order valence-corrected chi connectivity index (χ0v) is 36.9. The highest BCUT2D eigenvalue weighted by Gasteiger charge is 2.26. The van der Waals surface area contributed by atoms with E-state index in [9.17, 15) is 0 Å². The molecule has 0 aliphatic carbocycles. The van der Waals surface area contributed by atoms with E-state index in [0.29, 0.717) is 17.5 Å². The lowest BCUT2D eigenvalue weighted by Crippen LogP contribution is -2.48. The van der Waals surface area contributed by atoms with E-state index >= 15 is 0 Å². The number of aromatic nitrogens is 3. The summed E-state index contributed by atoms with van der Waals surface area (Å²) in [5.74, 6) is 1.88. The van der Waals surface area contributed by atoms with Gasteiger partial charge < -0.3 is 8.83 Å². The van der Waals surface area contributed by atoms with Crippen LogP contribution in [0.25, 0.3) is 100 Å². The molecule has 16 heteroatoms. The smallest absolute Gasteiger partial charge is 0.164 e. The molecule has 10 rings (SSSR count). The first-order valence-electron chi connectivity index (χ1n) is 21.2. The molecule has 0 N–H and O–H groups in total. The Morgan fingerprint density at radius 3 is 1.46 bits per heavy atom. The van der Waals surface area contributed by atoms with E-state index in [1.165, 1.54) is 76.6 Å². The van der Waals surface area contributed by atoms with Crippen molar-refractivity contribution < 1.29 is 8.83 Å². The molecule has 0 atom stereocenters. The monoisotopic (exact) mass is 773 g/mol. The summed E-state index contributed by atoms with van der Waals surface area (Å²) in [5.41, 5.74) is 24.9. The summed E-state index contributed by atoms with van der Waals surface area (Å²) in [6.07, 6.45) is 0. The van der Waals surface area contributed by atoms with Crippen molar-refractivity contribution in [3.63, 3.8) is 0 Å². The second kappa shape index (κ2) is 14.5. The van der Waals surface area contributed by atoms with Crippen molar-refractivity contribution in [3.8, 4) is 56.4 Å². The molecule has 5 nitrogen and oxygen atoms in total. The molecule has 0 spiro atoms. The van der Waals surface area contributed by atoms with Crippen molar-refractivity contribution in [1.29, 1.82) is 0 Å². The van der Waals surface area contributed by atoms with Gasteiger partial charge in [-0.05, 0) is 52.0 Å². The van der Waals surface area contributed by atoms with Crippen LogP contribution in [0.15, 0.2) is 106 Å². The third-order valence-electron chi connectivity index (χ3n) is 13.9. The molecule has 0 radical (unpaired) electrons. The van der Waals surface area contributed by atoms with Crippen LogP contribution in [0.5, 0.6) is 0 Å². The Hall–Kier alpha value is -6.14. The number of hydrogen-bond donors (Lipinski definition) is 0. The summed E-state index contributed by atoms with van der Waals surface area (Å²) < 4.78 is 13.4. The number of fused-ring (bicyclic) bond motifs is 6. The number of benzene rings is 7. The average Bonchev–Trinajstić information content (AvgIpc) is 3.87. The first-order chi connectivity index (χ1) is 29.3. The van der Waals surface area contributed by atoms with Crippen molar-refractivity contribution in [2.24, 2.45) is 0 Å². The molecule has 278 valence electrons. The van der Waals surface area contributed by atoms with Crippen molar-refractivity contribution in [2.75, 3.05) is 0 Å². The molecule has 0 unspecified atom stereocenters. The Bertz CT molecular complexity index is 3470. The highest BCUT2D eigenvalue weighted by molar-refractivity contribution is 6.70. The van der Waals surface area contributed by atoms with E-state index in [1.807, 2.05) is 24.3 Å². The van der Waals surface area contributed by atoms with E-state index in [0.717, 1.165) is 66.3 Å². The highest BCUT2D eigenvalue weighted by Crippen LogP contribution is 2.35. The fourth-order valence-electron chi connectivity index (χ4n) is 9.82. The molecule has 0 fully saturated rings. The third-order valence-corrected chi connectivity index (χ3v) is 13.9. The first kappa shape index (κ1) is 39.0. The molecule has 10 aromatic rings. The molecular formula is C45H38B11N3O2. The summed E-state index contributed by atoms with van der Waals surface area (Å²) >= 11 is 0. The van der Waals surface area contributed by atoms with Crippen LogP contribution < -0.4 is 60.1 Å². The lowest BCUT2D eigenvalue weighted by molar-refractivity contribution is 0.669. The van der Waals surface area contributed by atoms with Gasteiger partial charge in [0.15, 0.2) is 17.5 Å². The summed E-state index contributed by atoms with van der Waals surface area (Å²) in [7, 11) is 24.6. The second-order valence-corrected chi connectivity index (χ2v) is 17.1. The van der Waals surface area contributed by atoms with Gasteiger partial charge >= 0.3 is 0 Å². The zero-order valence-electron chi connectivity index (χ0n) is 36.9. The van der Waals surface area contributed by atoms with E-state index < -0.39 is 0 Å². The topological polar surface area (TPSA) is 65.0 Å². The van der Waals surface area contributed by atoms with Gasteiger partial charge in [-0.2, -0.15) is 0 Å². The standard InChI is InChI=1S/C45H38B11N3O2/c46-30-25(26-32(48)33(49)27-28-34(50)38(54)39(55)40(56)42(28)61-41(27)37(26)53)31(47)36(52)29(35(30)51)45-58-43(18-9-5-2-6-10-18)57-44(59-45)20-11-13-21-22-15-19(17-7-3-1-4-8-17)12-14-23(22)60-24(21)16-20/h1-16H,46-56H2. The first-order valence-corrected chi connectivity index (χ1v) is 21.2. The van der Waals surface area contributed by atoms with Crippen molar-refractivity contribution >= 4 is 190 Å². The Kier molecular flexibility index (Phi) is 9.28. The van der Waals surface area contributed by atoms with Gasteiger partial charge in [0.1, 0.15) is 109 Å². The lowest BCUT2D eigenvalue weighted by atomic mass is 9.59. The average molecular weight is 772 g/mol. The van der Waals surface area contributed by atoms with Gasteiger partial charge in [-0.25, -0.2) is 15.0 Å². The number of furan rings is 2. The van der Waals surface area contributed by atoms with E-state index in [-0.39, 0.29) is 0 Å². The molecule has 0 saturated heterocycles. The predicted molar refractivity (Wildman–Crippen MR) is 292 cm³/mol. The molecule has 3 aromatic heterocycles. The Labute approximate surface area is 365 Å². The summed E-state index contributed by atoms with van der Waals surface area (Å²) in [4.78, 5) is 15.6. The van der Waals surface area contributed by atoms with Gasteiger partial charge in [-0.15, -0.1) is 5.46 Å². The molecule has 3 heterocycles. The van der Waals surface area contributed by atoms with E-state index in [4.69, 9.17) is 23.8 Å². The third kappa shape index (κ3) is 5.96. The largest absolute Gasteiger partial charge is 0.457 e. The zero-order chi connectivity index (χ0) is 42.6. The fraction of sp³-hybridized carbons (Fsp3) is 0. The van der Waals surface area contributed by atoms with Crippen LogP contribution in [0.1, 0.15) is 0 Å². The molecule has 61 heavy (non-hydrogen) atoms. The Morgan fingerprint density at radius 1 is 0.311 bits per heavy atom. The Morgan fingerprint density at radius 2 is 0.803 bits per heavy atom. The minimum absolute atomic E-state index is 0.600. The minimum Gasteiger partial charge on any atom is -0.457 e. The molecule has 0 bridgehead atoms. The van der Waals surface area contributed by atoms with Crippen LogP contribution in [-0.4, -0.2) is 101 Å². The molecule has 0 aliphatic heterocycles. The van der Waals surface area contributed by atoms with Crippen molar-refractivity contribution in [3.05, 3.63) is 97.1 Å². The van der Waals surface area contributed by atoms with Gasteiger partial charge in [0.05, 0.1) is 0 Å². The maximum atomic E-state index is 6.91. The summed E-state index contributed by atoms with van der Waals surface area (Å²) in [5, 5.41) is 4.62. The van der Waals surface area contributed by atoms with Crippen LogP contribution in [0.2, 0.25) is 0 Å². The fourth-order valence-corrected chi connectivity index (χ4v) is 9.82.